The number of amides is 3. The molecule has 3 amide bonds. The van der Waals surface area contributed by atoms with Crippen LogP contribution in [0.5, 0.6) is 5.75 Å². The van der Waals surface area contributed by atoms with Gasteiger partial charge in [0.1, 0.15) is 5.75 Å². The summed E-state index contributed by atoms with van der Waals surface area (Å²) < 4.78 is 5.15. The molecular formula is C17H18N4O5. The van der Waals surface area contributed by atoms with E-state index in [0.29, 0.717) is 11.4 Å². The van der Waals surface area contributed by atoms with E-state index < -0.39 is 16.9 Å². The van der Waals surface area contributed by atoms with Gasteiger partial charge in [0.2, 0.25) is 5.91 Å². The number of para-hydroxylation sites is 1. The van der Waals surface area contributed by atoms with Crippen LogP contribution in [0.3, 0.4) is 0 Å². The van der Waals surface area contributed by atoms with Crippen molar-refractivity contribution in [3.63, 3.8) is 0 Å². The summed E-state index contributed by atoms with van der Waals surface area (Å²) in [5.74, 6) is -0.123. The van der Waals surface area contributed by atoms with Crippen LogP contribution in [-0.4, -0.2) is 24.0 Å². The number of rotatable bonds is 5. The minimum absolute atomic E-state index is 0.156. The molecule has 0 saturated carbocycles. The summed E-state index contributed by atoms with van der Waals surface area (Å²) in [5.41, 5.74) is 5.85. The first-order chi connectivity index (χ1) is 12.4. The molecule has 0 fully saturated rings. The molecule has 9 heteroatoms. The van der Waals surface area contributed by atoms with Gasteiger partial charge < -0.3 is 10.1 Å². The van der Waals surface area contributed by atoms with E-state index in [0.717, 1.165) is 5.56 Å². The maximum Gasteiger partial charge on any atom is 0.338 e. The van der Waals surface area contributed by atoms with Crippen molar-refractivity contribution < 1.29 is 19.2 Å². The quantitative estimate of drug-likeness (QED) is 0.559. The van der Waals surface area contributed by atoms with Crippen molar-refractivity contribution in [1.82, 2.24) is 10.9 Å². The van der Waals surface area contributed by atoms with E-state index >= 15 is 0 Å². The van der Waals surface area contributed by atoms with Crippen molar-refractivity contribution in [1.29, 1.82) is 0 Å². The molecule has 9 nitrogen and oxygen atoms in total. The van der Waals surface area contributed by atoms with Crippen molar-refractivity contribution in [2.45, 2.75) is 13.3 Å². The van der Waals surface area contributed by atoms with Gasteiger partial charge in [0.15, 0.2) is 0 Å². The third-order valence-electron chi connectivity index (χ3n) is 3.46. The Hall–Kier alpha value is -3.62. The topological polar surface area (TPSA) is 123 Å². The highest BCUT2D eigenvalue weighted by atomic mass is 16.6. The molecule has 26 heavy (non-hydrogen) atoms. The number of nitrogens with zero attached hydrogens (tertiary/aromatic N) is 1. The Bertz CT molecular complexity index is 838. The minimum atomic E-state index is -0.676. The first-order valence-corrected chi connectivity index (χ1v) is 7.63. The molecule has 0 unspecified atom stereocenters. The van der Waals surface area contributed by atoms with E-state index in [1.165, 1.54) is 25.3 Å². The van der Waals surface area contributed by atoms with E-state index in [2.05, 4.69) is 16.2 Å². The lowest BCUT2D eigenvalue weighted by Gasteiger charge is -2.12. The van der Waals surface area contributed by atoms with Gasteiger partial charge in [-0.25, -0.2) is 10.2 Å². The van der Waals surface area contributed by atoms with Crippen LogP contribution in [0.25, 0.3) is 0 Å². The van der Waals surface area contributed by atoms with E-state index in [4.69, 9.17) is 4.74 Å². The number of nitrogens with one attached hydrogen (secondary N) is 3. The van der Waals surface area contributed by atoms with Gasteiger partial charge >= 0.3 is 6.03 Å². The molecule has 0 radical (unpaired) electrons. The summed E-state index contributed by atoms with van der Waals surface area (Å²) in [4.78, 5) is 34.2. The average molecular weight is 358 g/mol. The standard InChI is InChI=1S/C17H18N4O5/c1-11-7-8-15(26-2)13(9-11)18-17(23)20-19-16(22)10-12-5-3-4-6-14(12)21(24)25/h3-9H,10H2,1-2H3,(H,19,22)(H2,18,20,23). The lowest BCUT2D eigenvalue weighted by molar-refractivity contribution is -0.385. The maximum atomic E-state index is 11.9. The third kappa shape index (κ3) is 4.94. The molecule has 0 heterocycles. The number of hydrazine groups is 1. The van der Waals surface area contributed by atoms with Gasteiger partial charge in [0.25, 0.3) is 5.69 Å². The number of urea groups is 1. The predicted octanol–water partition coefficient (Wildman–Crippen LogP) is 2.31. The lowest BCUT2D eigenvalue weighted by Crippen LogP contribution is -2.44. The normalized spacial score (nSPS) is 9.92. The van der Waals surface area contributed by atoms with Crippen LogP contribution >= 0.6 is 0 Å². The fourth-order valence-electron chi connectivity index (χ4n) is 2.26. The van der Waals surface area contributed by atoms with Crippen molar-refractivity contribution in [2.24, 2.45) is 0 Å². The Labute approximate surface area is 149 Å². The number of hydrogen-bond acceptors (Lipinski definition) is 5. The van der Waals surface area contributed by atoms with Crippen LogP contribution in [0.2, 0.25) is 0 Å². The summed E-state index contributed by atoms with van der Waals surface area (Å²) in [6, 6.07) is 10.5. The van der Waals surface area contributed by atoms with Gasteiger partial charge in [-0.1, -0.05) is 24.3 Å². The fraction of sp³-hybridized carbons (Fsp3) is 0.176. The second-order valence-corrected chi connectivity index (χ2v) is 5.39. The number of anilines is 1. The van der Waals surface area contributed by atoms with Crippen LogP contribution in [-0.2, 0) is 11.2 Å². The Balaban J connectivity index is 1.93. The molecule has 136 valence electrons. The van der Waals surface area contributed by atoms with Gasteiger partial charge in [0, 0.05) is 11.6 Å². The van der Waals surface area contributed by atoms with Gasteiger partial charge in [-0.3, -0.25) is 20.3 Å². The maximum absolute atomic E-state index is 11.9. The van der Waals surface area contributed by atoms with Gasteiger partial charge in [-0.15, -0.1) is 0 Å². The smallest absolute Gasteiger partial charge is 0.338 e. The molecular weight excluding hydrogens is 340 g/mol. The first-order valence-electron chi connectivity index (χ1n) is 7.63. The van der Waals surface area contributed by atoms with E-state index in [1.54, 1.807) is 18.2 Å². The van der Waals surface area contributed by atoms with Crippen LogP contribution in [0.4, 0.5) is 16.2 Å². The second kappa shape index (κ2) is 8.47. The molecule has 0 aliphatic rings. The van der Waals surface area contributed by atoms with Crippen molar-refractivity contribution in [3.05, 3.63) is 63.7 Å². The first kappa shape index (κ1) is 18.7. The number of aryl methyl sites for hydroxylation is 1. The van der Waals surface area contributed by atoms with Crippen molar-refractivity contribution in [2.75, 3.05) is 12.4 Å². The average Bonchev–Trinajstić information content (AvgIpc) is 2.60. The zero-order chi connectivity index (χ0) is 19.1. The molecule has 0 aliphatic heterocycles. The Kier molecular flexibility index (Phi) is 6.10. The number of benzene rings is 2. The Morgan fingerprint density at radius 1 is 1.15 bits per heavy atom. The van der Waals surface area contributed by atoms with E-state index in [-0.39, 0.29) is 17.7 Å². The summed E-state index contributed by atoms with van der Waals surface area (Å²) in [6.45, 7) is 1.86. The molecule has 0 atom stereocenters. The summed E-state index contributed by atoms with van der Waals surface area (Å²) in [6.07, 6.45) is -0.245. The van der Waals surface area contributed by atoms with Gasteiger partial charge in [-0.05, 0) is 24.6 Å². The zero-order valence-corrected chi connectivity index (χ0v) is 14.2. The number of ether oxygens (including phenoxy) is 1. The summed E-state index contributed by atoms with van der Waals surface area (Å²) >= 11 is 0. The van der Waals surface area contributed by atoms with Crippen LogP contribution in [0.15, 0.2) is 42.5 Å². The number of nitro benzene ring substituents is 1. The Morgan fingerprint density at radius 2 is 1.88 bits per heavy atom. The molecule has 0 spiro atoms. The zero-order valence-electron chi connectivity index (χ0n) is 14.2. The highest BCUT2D eigenvalue weighted by Crippen LogP contribution is 2.24. The highest BCUT2D eigenvalue weighted by molar-refractivity contribution is 5.92. The molecule has 2 aromatic carbocycles. The van der Waals surface area contributed by atoms with E-state index in [1.807, 2.05) is 13.0 Å². The van der Waals surface area contributed by atoms with Crippen LogP contribution in [0, 0.1) is 17.0 Å². The predicted molar refractivity (Wildman–Crippen MR) is 94.8 cm³/mol. The number of carbonyl (C=O) groups is 2. The Morgan fingerprint density at radius 3 is 2.58 bits per heavy atom. The number of carbonyl (C=O) groups excluding carboxylic acids is 2. The second-order valence-electron chi connectivity index (χ2n) is 5.39. The number of hydrogen-bond donors (Lipinski definition) is 3. The molecule has 2 aromatic rings. The lowest BCUT2D eigenvalue weighted by atomic mass is 10.1. The van der Waals surface area contributed by atoms with Gasteiger partial charge in [-0.2, -0.15) is 0 Å². The minimum Gasteiger partial charge on any atom is -0.495 e. The number of methoxy groups -OCH3 is 1. The highest BCUT2D eigenvalue weighted by Gasteiger charge is 2.16. The molecule has 0 aliphatic carbocycles. The third-order valence-corrected chi connectivity index (χ3v) is 3.46. The molecule has 0 aromatic heterocycles. The fourth-order valence-corrected chi connectivity index (χ4v) is 2.26. The SMILES string of the molecule is COc1ccc(C)cc1NC(=O)NNC(=O)Cc1ccccc1[N+](=O)[O-]. The molecule has 3 N–H and O–H groups in total. The summed E-state index contributed by atoms with van der Waals surface area (Å²) in [7, 11) is 1.47. The largest absolute Gasteiger partial charge is 0.495 e. The monoisotopic (exact) mass is 358 g/mol. The van der Waals surface area contributed by atoms with Crippen LogP contribution in [0.1, 0.15) is 11.1 Å². The van der Waals surface area contributed by atoms with E-state index in [9.17, 15) is 19.7 Å². The number of nitro groups is 1. The van der Waals surface area contributed by atoms with Crippen LogP contribution < -0.4 is 20.9 Å². The van der Waals surface area contributed by atoms with Gasteiger partial charge in [0.05, 0.1) is 24.1 Å². The summed E-state index contributed by atoms with van der Waals surface area (Å²) in [5, 5.41) is 13.5. The molecule has 0 bridgehead atoms. The molecule has 0 saturated heterocycles. The molecule has 2 rings (SSSR count). The van der Waals surface area contributed by atoms with Crippen molar-refractivity contribution >= 4 is 23.3 Å². The van der Waals surface area contributed by atoms with Crippen molar-refractivity contribution in [3.8, 4) is 5.75 Å².